The Hall–Kier alpha value is -1.37. The standard InChI is InChI=1S/C16H18ClN3O2S/c1-9-14(10-4-6-20(9)7-5-10)19-15(21)11-2-3-12(23-11)16-18-8-13(17)22-16/h2-3,8-10,14H,4-7H2,1H3,(H,19,21). The van der Waals surface area contributed by atoms with Crippen molar-refractivity contribution in [2.45, 2.75) is 31.8 Å². The second-order valence-electron chi connectivity index (χ2n) is 6.25. The van der Waals surface area contributed by atoms with Gasteiger partial charge in [0.05, 0.1) is 16.0 Å². The van der Waals surface area contributed by atoms with Crippen LogP contribution in [0.4, 0.5) is 0 Å². The monoisotopic (exact) mass is 351 g/mol. The Morgan fingerprint density at radius 1 is 1.43 bits per heavy atom. The molecule has 3 aliphatic heterocycles. The van der Waals surface area contributed by atoms with Crippen LogP contribution >= 0.6 is 22.9 Å². The van der Waals surface area contributed by atoms with Gasteiger partial charge in [0.15, 0.2) is 0 Å². The number of aromatic nitrogens is 1. The van der Waals surface area contributed by atoms with E-state index in [0.29, 0.717) is 22.7 Å². The second-order valence-corrected chi connectivity index (χ2v) is 7.70. The summed E-state index contributed by atoms with van der Waals surface area (Å²) in [6.07, 6.45) is 3.82. The summed E-state index contributed by atoms with van der Waals surface area (Å²) in [5, 5.41) is 3.49. The molecule has 0 spiro atoms. The summed E-state index contributed by atoms with van der Waals surface area (Å²) in [6.45, 7) is 4.53. The smallest absolute Gasteiger partial charge is 0.261 e. The van der Waals surface area contributed by atoms with Crippen molar-refractivity contribution in [1.29, 1.82) is 0 Å². The van der Waals surface area contributed by atoms with Crippen molar-refractivity contribution in [3.63, 3.8) is 0 Å². The summed E-state index contributed by atoms with van der Waals surface area (Å²) in [6, 6.07) is 4.32. The Bertz CT molecular complexity index is 718. The van der Waals surface area contributed by atoms with E-state index in [2.05, 4.69) is 22.1 Å². The van der Waals surface area contributed by atoms with Gasteiger partial charge in [0.2, 0.25) is 11.1 Å². The highest BCUT2D eigenvalue weighted by atomic mass is 35.5. The van der Waals surface area contributed by atoms with Crippen LogP contribution in [-0.2, 0) is 0 Å². The van der Waals surface area contributed by atoms with Gasteiger partial charge in [0.1, 0.15) is 0 Å². The van der Waals surface area contributed by atoms with Crippen LogP contribution in [0.2, 0.25) is 5.22 Å². The topological polar surface area (TPSA) is 58.4 Å². The van der Waals surface area contributed by atoms with Crippen LogP contribution in [0.15, 0.2) is 22.7 Å². The van der Waals surface area contributed by atoms with Gasteiger partial charge in [-0.05, 0) is 62.5 Å². The van der Waals surface area contributed by atoms with E-state index in [0.717, 1.165) is 18.0 Å². The molecule has 3 fully saturated rings. The van der Waals surface area contributed by atoms with Gasteiger partial charge in [-0.3, -0.25) is 9.69 Å². The molecule has 0 saturated carbocycles. The molecule has 0 aromatic carbocycles. The van der Waals surface area contributed by atoms with Gasteiger partial charge in [-0.15, -0.1) is 11.3 Å². The first kappa shape index (κ1) is 15.2. The van der Waals surface area contributed by atoms with Crippen LogP contribution in [0.3, 0.4) is 0 Å². The lowest BCUT2D eigenvalue weighted by atomic mass is 9.79. The van der Waals surface area contributed by atoms with Crippen molar-refractivity contribution in [2.75, 3.05) is 13.1 Å². The van der Waals surface area contributed by atoms with Crippen LogP contribution in [0, 0.1) is 5.92 Å². The van der Waals surface area contributed by atoms with Crippen molar-refractivity contribution in [1.82, 2.24) is 15.2 Å². The third-order valence-electron chi connectivity index (χ3n) is 4.99. The van der Waals surface area contributed by atoms with Gasteiger partial charge in [0, 0.05) is 12.1 Å². The Morgan fingerprint density at radius 3 is 2.87 bits per heavy atom. The summed E-state index contributed by atoms with van der Waals surface area (Å²) in [7, 11) is 0. The molecule has 7 heteroatoms. The third kappa shape index (κ3) is 2.79. The quantitative estimate of drug-likeness (QED) is 0.922. The van der Waals surface area contributed by atoms with Crippen molar-refractivity contribution in [3.05, 3.63) is 28.4 Å². The summed E-state index contributed by atoms with van der Waals surface area (Å²) in [5.74, 6) is 1.05. The molecule has 0 radical (unpaired) electrons. The summed E-state index contributed by atoms with van der Waals surface area (Å²) in [5.41, 5.74) is 0. The lowest BCUT2D eigenvalue weighted by molar-refractivity contribution is 0.0218. The maximum Gasteiger partial charge on any atom is 0.261 e. The number of halogens is 1. The Kier molecular flexibility index (Phi) is 3.91. The fourth-order valence-electron chi connectivity index (χ4n) is 3.71. The van der Waals surface area contributed by atoms with Crippen LogP contribution < -0.4 is 5.32 Å². The molecule has 2 unspecified atom stereocenters. The number of rotatable bonds is 3. The molecule has 2 bridgehead atoms. The fraction of sp³-hybridized carbons (Fsp3) is 0.500. The number of nitrogens with zero attached hydrogens (tertiary/aromatic N) is 2. The van der Waals surface area contributed by atoms with Crippen molar-refractivity contribution in [3.8, 4) is 10.8 Å². The minimum absolute atomic E-state index is 0.00972. The molecule has 5 nitrogen and oxygen atoms in total. The number of carbonyl (C=O) groups excluding carboxylic acids is 1. The summed E-state index contributed by atoms with van der Waals surface area (Å²) in [4.78, 5) is 20.6. The van der Waals surface area contributed by atoms with Crippen LogP contribution in [-0.4, -0.2) is 41.0 Å². The van der Waals surface area contributed by atoms with Gasteiger partial charge in [-0.1, -0.05) is 0 Å². The average molecular weight is 352 g/mol. The van der Waals surface area contributed by atoms with Crippen LogP contribution in [0.25, 0.3) is 10.8 Å². The maximum absolute atomic E-state index is 12.6. The molecule has 3 aliphatic rings. The molecule has 2 aromatic rings. The van der Waals surface area contributed by atoms with Gasteiger partial charge in [0.25, 0.3) is 5.91 Å². The Morgan fingerprint density at radius 2 is 2.22 bits per heavy atom. The number of nitrogens with one attached hydrogen (secondary N) is 1. The zero-order valence-corrected chi connectivity index (χ0v) is 14.4. The zero-order valence-electron chi connectivity index (χ0n) is 12.8. The minimum Gasteiger partial charge on any atom is -0.424 e. The third-order valence-corrected chi connectivity index (χ3v) is 6.24. The highest BCUT2D eigenvalue weighted by Crippen LogP contribution is 2.33. The molecule has 3 saturated heterocycles. The number of fused-ring (bicyclic) bond motifs is 3. The molecular weight excluding hydrogens is 334 g/mol. The SMILES string of the molecule is CC1C(NC(=O)c2ccc(-c3ncc(Cl)o3)s2)C2CCN1CC2. The van der Waals surface area contributed by atoms with Gasteiger partial charge in [-0.2, -0.15) is 0 Å². The van der Waals surface area contributed by atoms with Crippen molar-refractivity contribution < 1.29 is 9.21 Å². The molecule has 2 aromatic heterocycles. The number of oxazole rings is 1. The lowest BCUT2D eigenvalue weighted by Crippen LogP contribution is -2.62. The predicted molar refractivity (Wildman–Crippen MR) is 89.8 cm³/mol. The predicted octanol–water partition coefficient (Wildman–Crippen LogP) is 3.27. The first-order valence-corrected chi connectivity index (χ1v) is 9.08. The highest BCUT2D eigenvalue weighted by Gasteiger charge is 2.40. The number of amides is 1. The molecule has 1 N–H and O–H groups in total. The zero-order chi connectivity index (χ0) is 16.0. The van der Waals surface area contributed by atoms with E-state index in [9.17, 15) is 4.79 Å². The Balaban J connectivity index is 1.48. The van der Waals surface area contributed by atoms with Crippen LogP contribution in [0.5, 0.6) is 0 Å². The number of carbonyl (C=O) groups is 1. The molecule has 1 amide bonds. The van der Waals surface area contributed by atoms with E-state index in [4.69, 9.17) is 16.0 Å². The summed E-state index contributed by atoms with van der Waals surface area (Å²) >= 11 is 7.13. The molecule has 5 rings (SSSR count). The number of hydrogen-bond acceptors (Lipinski definition) is 5. The molecule has 5 heterocycles. The first-order valence-electron chi connectivity index (χ1n) is 7.88. The van der Waals surface area contributed by atoms with Crippen molar-refractivity contribution in [2.24, 2.45) is 5.92 Å². The van der Waals surface area contributed by atoms with Gasteiger partial charge >= 0.3 is 0 Å². The highest BCUT2D eigenvalue weighted by molar-refractivity contribution is 7.17. The first-order chi connectivity index (χ1) is 11.1. The second kappa shape index (κ2) is 5.92. The normalized spacial score (nSPS) is 29.7. The number of piperidine rings is 3. The van der Waals surface area contributed by atoms with E-state index < -0.39 is 0 Å². The molecule has 0 aliphatic carbocycles. The van der Waals surface area contributed by atoms with E-state index in [-0.39, 0.29) is 17.2 Å². The van der Waals surface area contributed by atoms with E-state index >= 15 is 0 Å². The lowest BCUT2D eigenvalue weighted by Gasteiger charge is -2.49. The van der Waals surface area contributed by atoms with Gasteiger partial charge < -0.3 is 9.73 Å². The van der Waals surface area contributed by atoms with Crippen molar-refractivity contribution >= 4 is 28.8 Å². The van der Waals surface area contributed by atoms with E-state index in [1.54, 1.807) is 0 Å². The number of hydrogen-bond donors (Lipinski definition) is 1. The molecule has 122 valence electrons. The largest absolute Gasteiger partial charge is 0.424 e. The maximum atomic E-state index is 12.6. The summed E-state index contributed by atoms with van der Waals surface area (Å²) < 4.78 is 5.30. The Labute approximate surface area is 143 Å². The molecular formula is C16H18ClN3O2S. The minimum atomic E-state index is -0.00972. The molecule has 23 heavy (non-hydrogen) atoms. The van der Waals surface area contributed by atoms with Gasteiger partial charge in [-0.25, -0.2) is 4.98 Å². The fourth-order valence-corrected chi connectivity index (χ4v) is 4.68. The average Bonchev–Trinajstić information content (AvgIpc) is 3.20. The number of thiophene rings is 1. The van der Waals surface area contributed by atoms with Crippen LogP contribution in [0.1, 0.15) is 29.4 Å². The molecule has 2 atom stereocenters. The van der Waals surface area contributed by atoms with E-state index in [1.165, 1.54) is 30.4 Å². The van der Waals surface area contributed by atoms with E-state index in [1.807, 2.05) is 12.1 Å².